The van der Waals surface area contributed by atoms with Crippen molar-refractivity contribution in [1.29, 1.82) is 0 Å². The van der Waals surface area contributed by atoms with Gasteiger partial charge in [0.2, 0.25) is 5.91 Å². The molecule has 11 rings (SSSR count). The molecule has 1 amide bonds. The third kappa shape index (κ3) is 12.8. The summed E-state index contributed by atoms with van der Waals surface area (Å²) in [5.74, 6) is 8.49. The molecule has 6 aliphatic rings. The van der Waals surface area contributed by atoms with Gasteiger partial charge in [-0.05, 0) is 163 Å². The van der Waals surface area contributed by atoms with Crippen molar-refractivity contribution in [2.75, 3.05) is 46.0 Å². The van der Waals surface area contributed by atoms with E-state index in [-0.39, 0.29) is 30.3 Å². The van der Waals surface area contributed by atoms with Crippen molar-refractivity contribution in [1.82, 2.24) is 20.6 Å². The van der Waals surface area contributed by atoms with Crippen LogP contribution in [0.2, 0.25) is 0 Å². The smallest absolute Gasteiger partial charge is 0.220 e. The topological polar surface area (TPSA) is 182 Å². The minimum atomic E-state index is -0.271. The highest BCUT2D eigenvalue weighted by Crippen LogP contribution is 2.47. The maximum Gasteiger partial charge on any atom is 0.220 e. The number of amides is 1. The Balaban J connectivity index is 0.805. The summed E-state index contributed by atoms with van der Waals surface area (Å²) < 4.78 is 30.2. The van der Waals surface area contributed by atoms with E-state index in [1.165, 1.54) is 6.33 Å². The van der Waals surface area contributed by atoms with E-state index in [0.29, 0.717) is 81.0 Å². The van der Waals surface area contributed by atoms with Crippen LogP contribution in [-0.4, -0.2) is 84.9 Å². The van der Waals surface area contributed by atoms with E-state index in [2.05, 4.69) is 137 Å². The fourth-order valence-electron chi connectivity index (χ4n) is 11.7. The summed E-state index contributed by atoms with van der Waals surface area (Å²) in [6, 6.07) is 27.9. The summed E-state index contributed by atoms with van der Waals surface area (Å²) in [6.07, 6.45) is 9.57. The molecule has 0 saturated carbocycles. The Hall–Kier alpha value is -8.21. The zero-order valence-corrected chi connectivity index (χ0v) is 51.4. The molecule has 0 radical (unpaired) electrons. The number of halogens is 1. The summed E-state index contributed by atoms with van der Waals surface area (Å²) in [6.45, 7) is 15.1. The standard InChI is InChI=1S/C69H69IN8O7/c1-9-50-39(2)54-34-60-65(43(6)85-37-47-16-11-17-48(70)28-47)41(4)56(76-60)32-55-40(3)51(67(77-55)53-30-61(79)66-42(5)57(78-68(53)66)33-59(50)75-54)21-22-64(80)71-36-46-15-10-13-44(27-46)19-20-45-14-12-18-49(29-45)74-69-52-31-62(83-25-23-81-7)63(84-26-24-82-8)35-58(52)72-38-73-69/h10-18,27-29,31-35,38,40,43,51,77,79H,9,21-26,30,36-37H2,1-8H3,(H,71,80)(H,72,73,74)/t40-,43?,51-/m0/s1/i70+0. The molecule has 1 aromatic heterocycles. The molecular formula is C69H69IN8O7. The minimum absolute atomic E-state index is 0.0205. The first-order valence-corrected chi connectivity index (χ1v) is 29.9. The van der Waals surface area contributed by atoms with Gasteiger partial charge < -0.3 is 44.7 Å². The Kier molecular flexibility index (Phi) is 17.9. The molecule has 5 aromatic rings. The molecule has 6 heterocycles. The maximum atomic E-state index is 14.0. The molecule has 1 saturated heterocycles. The quantitative estimate of drug-likeness (QED) is 0.0331. The van der Waals surface area contributed by atoms with E-state index < -0.39 is 0 Å². The molecule has 8 bridgehead atoms. The molecule has 1 fully saturated rings. The van der Waals surface area contributed by atoms with Gasteiger partial charge >= 0.3 is 0 Å². The number of fused-ring (bicyclic) bond motifs is 6. The van der Waals surface area contributed by atoms with Crippen LogP contribution in [-0.2, 0) is 32.2 Å². The van der Waals surface area contributed by atoms with E-state index in [4.69, 9.17) is 38.7 Å². The predicted molar refractivity (Wildman–Crippen MR) is 343 cm³/mol. The van der Waals surface area contributed by atoms with E-state index in [0.717, 1.165) is 128 Å². The SMILES string of the molecule is CCC1=C(C)C2=NC1=CC1=C(C)C3=C(O)CC(=C4NC(=CC5=NC(=C2)C(C(C)OCc2cccc([127I])c2)=C5C)[C@@H](C)[C@@H]4CCC(=O)NCc2cccc(C#Cc4cccc(Nc5ncnc6cc(OCCOC)c(OCCOC)cc56)c4)c2)C3=N1. The maximum absolute atomic E-state index is 14.0. The third-order valence-electron chi connectivity index (χ3n) is 16.3. The normalized spacial score (nSPS) is 18.2. The lowest BCUT2D eigenvalue weighted by atomic mass is 9.86. The van der Waals surface area contributed by atoms with Crippen LogP contribution in [0, 0.1) is 27.2 Å². The number of aliphatic hydroxyl groups excluding tert-OH is 1. The number of aromatic nitrogens is 2. The number of hydrogen-bond acceptors (Lipinski definition) is 14. The molecule has 434 valence electrons. The van der Waals surface area contributed by atoms with Crippen LogP contribution < -0.4 is 25.4 Å². The zero-order chi connectivity index (χ0) is 59.3. The van der Waals surface area contributed by atoms with Gasteiger partial charge in [-0.3, -0.25) is 4.79 Å². The first kappa shape index (κ1) is 58.6. The molecule has 4 aromatic carbocycles. The summed E-state index contributed by atoms with van der Waals surface area (Å²) in [5, 5.41) is 23.0. The van der Waals surface area contributed by atoms with Gasteiger partial charge in [-0.1, -0.05) is 56.0 Å². The van der Waals surface area contributed by atoms with Gasteiger partial charge in [-0.25, -0.2) is 24.9 Å². The molecule has 16 heteroatoms. The second-order valence-electron chi connectivity index (χ2n) is 21.8. The van der Waals surface area contributed by atoms with E-state index in [9.17, 15) is 9.90 Å². The number of nitrogens with one attached hydrogen (secondary N) is 3. The number of anilines is 2. The van der Waals surface area contributed by atoms with Crippen LogP contribution in [0.4, 0.5) is 11.5 Å². The molecule has 5 aliphatic heterocycles. The van der Waals surface area contributed by atoms with Crippen molar-refractivity contribution in [3.05, 3.63) is 209 Å². The molecule has 4 N–H and O–H groups in total. The van der Waals surface area contributed by atoms with E-state index >= 15 is 0 Å². The summed E-state index contributed by atoms with van der Waals surface area (Å²) in [5.41, 5.74) is 19.0. The Bertz CT molecular complexity index is 3980. The highest BCUT2D eigenvalue weighted by atomic mass is 127. The fraction of sp³-hybridized carbons (Fsp3) is 0.304. The van der Waals surface area contributed by atoms with Crippen LogP contribution in [0.3, 0.4) is 0 Å². The second kappa shape index (κ2) is 26.0. The van der Waals surface area contributed by atoms with Crippen LogP contribution in [0.15, 0.2) is 198 Å². The van der Waals surface area contributed by atoms with Crippen molar-refractivity contribution < 1.29 is 33.6 Å². The van der Waals surface area contributed by atoms with Gasteiger partial charge in [-0.2, -0.15) is 0 Å². The number of carbonyl (C=O) groups excluding carboxylic acids is 1. The van der Waals surface area contributed by atoms with Crippen LogP contribution in [0.5, 0.6) is 11.5 Å². The molecular weight excluding hydrogens is 1180 g/mol. The number of rotatable bonds is 20. The molecule has 0 spiro atoms. The largest absolute Gasteiger partial charge is 0.511 e. The number of aliphatic imine (C=N–C) groups is 3. The summed E-state index contributed by atoms with van der Waals surface area (Å²) in [4.78, 5) is 38.9. The van der Waals surface area contributed by atoms with Crippen LogP contribution in [0.1, 0.15) is 89.5 Å². The second-order valence-corrected chi connectivity index (χ2v) is 23.1. The molecule has 3 atom stereocenters. The average molecular weight is 1250 g/mol. The Morgan fingerprint density at radius 3 is 2.29 bits per heavy atom. The number of benzene rings is 4. The zero-order valence-electron chi connectivity index (χ0n) is 49.2. The fourth-order valence-corrected chi connectivity index (χ4v) is 12.3. The van der Waals surface area contributed by atoms with Gasteiger partial charge in [0, 0.05) is 105 Å². The molecule has 1 unspecified atom stereocenters. The molecule has 15 nitrogen and oxygen atoms in total. The van der Waals surface area contributed by atoms with Crippen LogP contribution in [0.25, 0.3) is 10.9 Å². The number of nitrogens with zero attached hydrogens (tertiary/aromatic N) is 5. The van der Waals surface area contributed by atoms with Gasteiger partial charge in [0.25, 0.3) is 0 Å². The highest BCUT2D eigenvalue weighted by Gasteiger charge is 2.41. The molecule has 85 heavy (non-hydrogen) atoms. The highest BCUT2D eigenvalue weighted by molar-refractivity contribution is 14.1. The van der Waals surface area contributed by atoms with Crippen molar-refractivity contribution in [3.63, 3.8) is 0 Å². The van der Waals surface area contributed by atoms with Crippen molar-refractivity contribution in [3.8, 4) is 23.3 Å². The molecule has 1 aliphatic carbocycles. The van der Waals surface area contributed by atoms with Gasteiger partial charge in [0.1, 0.15) is 31.1 Å². The van der Waals surface area contributed by atoms with E-state index in [1.54, 1.807) is 14.2 Å². The van der Waals surface area contributed by atoms with Crippen molar-refractivity contribution in [2.24, 2.45) is 26.8 Å². The lowest BCUT2D eigenvalue weighted by Crippen LogP contribution is -2.24. The van der Waals surface area contributed by atoms with Crippen LogP contribution >= 0.6 is 22.6 Å². The number of methoxy groups -OCH3 is 2. The Morgan fingerprint density at radius 1 is 0.812 bits per heavy atom. The van der Waals surface area contributed by atoms with Gasteiger partial charge in [0.15, 0.2) is 11.5 Å². The summed E-state index contributed by atoms with van der Waals surface area (Å²) in [7, 11) is 3.25. The van der Waals surface area contributed by atoms with Gasteiger partial charge in [0.05, 0.1) is 65.7 Å². The van der Waals surface area contributed by atoms with Crippen molar-refractivity contribution in [2.45, 2.75) is 86.5 Å². The number of allylic oxidation sites excluding steroid dienone is 11. The Morgan fingerprint density at radius 2 is 1.53 bits per heavy atom. The predicted octanol–water partition coefficient (Wildman–Crippen LogP) is 13.1. The van der Waals surface area contributed by atoms with Gasteiger partial charge in [-0.15, -0.1) is 0 Å². The Labute approximate surface area is 510 Å². The first-order valence-electron chi connectivity index (χ1n) is 28.9. The number of carbonyl (C=O) groups is 1. The number of hydrogen-bond donors (Lipinski definition) is 4. The minimum Gasteiger partial charge on any atom is -0.511 e. The third-order valence-corrected chi connectivity index (χ3v) is 16.9. The number of ether oxygens (including phenoxy) is 5. The van der Waals surface area contributed by atoms with Crippen molar-refractivity contribution >= 4 is 68.0 Å². The average Bonchev–Trinajstić information content (AvgIpc) is 1.80. The number of aliphatic hydroxyl groups is 1. The van der Waals surface area contributed by atoms with E-state index in [1.807, 2.05) is 67.6 Å². The first-order chi connectivity index (χ1) is 41.3. The monoisotopic (exact) mass is 1250 g/mol. The lowest BCUT2D eigenvalue weighted by Gasteiger charge is -2.18. The summed E-state index contributed by atoms with van der Waals surface area (Å²) >= 11 is 2.34. The lowest BCUT2D eigenvalue weighted by molar-refractivity contribution is -0.121.